The second-order valence-corrected chi connectivity index (χ2v) is 2.46. The molecule has 0 bridgehead atoms. The van der Waals surface area contributed by atoms with E-state index in [0.717, 1.165) is 0 Å². The molecule has 0 radical (unpaired) electrons. The van der Waals surface area contributed by atoms with E-state index in [0.29, 0.717) is 5.82 Å². The largest absolute Gasteiger partial charge is 0.291 e. The van der Waals surface area contributed by atoms with Crippen LogP contribution in [0.25, 0.3) is 0 Å². The molecule has 0 aromatic carbocycles. The van der Waals surface area contributed by atoms with Crippen molar-refractivity contribution in [2.45, 2.75) is 19.4 Å². The molecular weight excluding hydrogens is 132 g/mol. The molecule has 0 atom stereocenters. The van der Waals surface area contributed by atoms with Crippen LogP contribution in [0.3, 0.4) is 0 Å². The van der Waals surface area contributed by atoms with Gasteiger partial charge in [0.2, 0.25) is 0 Å². The van der Waals surface area contributed by atoms with Gasteiger partial charge in [0, 0.05) is 0 Å². The molecule has 0 saturated carbocycles. The van der Waals surface area contributed by atoms with Gasteiger partial charge in [0.15, 0.2) is 5.82 Å². The number of rotatable bonds is 2. The standard InChI is InChI=1S/C5H10N4O/c1-5(2,10-6)4-7-3-8-9-4/h3H,6H2,1-2H3,(H,7,8,9). The maximum Gasteiger partial charge on any atom is 0.158 e. The normalized spacial score (nSPS) is 11.9. The third-order valence-electron chi connectivity index (χ3n) is 1.28. The van der Waals surface area contributed by atoms with Gasteiger partial charge in [0.25, 0.3) is 0 Å². The molecule has 5 nitrogen and oxygen atoms in total. The van der Waals surface area contributed by atoms with E-state index < -0.39 is 5.60 Å². The van der Waals surface area contributed by atoms with Gasteiger partial charge in [0.05, 0.1) is 0 Å². The van der Waals surface area contributed by atoms with Gasteiger partial charge in [-0.15, -0.1) is 0 Å². The molecule has 0 aliphatic rings. The summed E-state index contributed by atoms with van der Waals surface area (Å²) in [6, 6.07) is 0. The highest BCUT2D eigenvalue weighted by Crippen LogP contribution is 2.16. The predicted octanol–water partition coefficient (Wildman–Crippen LogP) is -0.0699. The summed E-state index contributed by atoms with van der Waals surface area (Å²) < 4.78 is 0. The van der Waals surface area contributed by atoms with Gasteiger partial charge in [-0.2, -0.15) is 5.10 Å². The molecule has 1 rings (SSSR count). The Morgan fingerprint density at radius 3 is 2.80 bits per heavy atom. The minimum absolute atomic E-state index is 0.587. The molecule has 0 saturated heterocycles. The van der Waals surface area contributed by atoms with Crippen molar-refractivity contribution in [2.24, 2.45) is 5.90 Å². The molecule has 56 valence electrons. The molecule has 1 aromatic heterocycles. The zero-order chi connectivity index (χ0) is 7.61. The minimum atomic E-state index is -0.587. The lowest BCUT2D eigenvalue weighted by Gasteiger charge is -2.17. The fourth-order valence-corrected chi connectivity index (χ4v) is 0.551. The van der Waals surface area contributed by atoms with Gasteiger partial charge in [-0.25, -0.2) is 10.9 Å². The average molecular weight is 142 g/mol. The van der Waals surface area contributed by atoms with Crippen molar-refractivity contribution in [3.8, 4) is 0 Å². The van der Waals surface area contributed by atoms with Crippen LogP contribution in [0.2, 0.25) is 0 Å². The number of nitrogens with one attached hydrogen (secondary N) is 1. The zero-order valence-electron chi connectivity index (χ0n) is 5.96. The molecule has 0 spiro atoms. The molecule has 5 heteroatoms. The van der Waals surface area contributed by atoms with Crippen LogP contribution in [0, 0.1) is 0 Å². The van der Waals surface area contributed by atoms with Crippen LogP contribution in [-0.4, -0.2) is 15.2 Å². The minimum Gasteiger partial charge on any atom is -0.291 e. The van der Waals surface area contributed by atoms with Gasteiger partial charge in [-0.3, -0.25) is 9.94 Å². The summed E-state index contributed by atoms with van der Waals surface area (Å²) in [5, 5.41) is 6.33. The van der Waals surface area contributed by atoms with Crippen LogP contribution < -0.4 is 5.90 Å². The topological polar surface area (TPSA) is 76.8 Å². The summed E-state index contributed by atoms with van der Waals surface area (Å²) in [4.78, 5) is 8.54. The third kappa shape index (κ3) is 1.14. The molecule has 0 unspecified atom stereocenters. The lowest BCUT2D eigenvalue weighted by molar-refractivity contribution is -0.0300. The maximum absolute atomic E-state index is 5.01. The van der Waals surface area contributed by atoms with Crippen molar-refractivity contribution in [2.75, 3.05) is 0 Å². The Morgan fingerprint density at radius 2 is 2.40 bits per heavy atom. The SMILES string of the molecule is CC(C)(ON)c1ncn[nH]1. The Bertz CT molecular complexity index is 193. The number of nitrogens with two attached hydrogens (primary N) is 1. The Morgan fingerprint density at radius 1 is 1.70 bits per heavy atom. The summed E-state index contributed by atoms with van der Waals surface area (Å²) >= 11 is 0. The molecule has 1 heterocycles. The van der Waals surface area contributed by atoms with Crippen molar-refractivity contribution in [3.05, 3.63) is 12.2 Å². The molecule has 0 fully saturated rings. The van der Waals surface area contributed by atoms with Gasteiger partial charge < -0.3 is 0 Å². The first-order valence-corrected chi connectivity index (χ1v) is 2.90. The number of hydrogen-bond donors (Lipinski definition) is 2. The second-order valence-electron chi connectivity index (χ2n) is 2.46. The van der Waals surface area contributed by atoms with E-state index in [1.165, 1.54) is 6.33 Å². The van der Waals surface area contributed by atoms with E-state index in [9.17, 15) is 0 Å². The van der Waals surface area contributed by atoms with Crippen molar-refractivity contribution in [1.29, 1.82) is 0 Å². The van der Waals surface area contributed by atoms with Crippen LogP contribution >= 0.6 is 0 Å². The smallest absolute Gasteiger partial charge is 0.158 e. The number of nitrogens with zero attached hydrogens (tertiary/aromatic N) is 2. The Hall–Kier alpha value is -0.940. The highest BCUT2D eigenvalue weighted by atomic mass is 16.6. The highest BCUT2D eigenvalue weighted by molar-refractivity contribution is 4.93. The van der Waals surface area contributed by atoms with Crippen molar-refractivity contribution >= 4 is 0 Å². The quantitative estimate of drug-likeness (QED) is 0.566. The van der Waals surface area contributed by atoms with Crippen LogP contribution in [0.15, 0.2) is 6.33 Å². The average Bonchev–Trinajstić information content (AvgIpc) is 2.38. The van der Waals surface area contributed by atoms with E-state index in [1.54, 1.807) is 13.8 Å². The monoisotopic (exact) mass is 142 g/mol. The van der Waals surface area contributed by atoms with Crippen LogP contribution in [0.5, 0.6) is 0 Å². The summed E-state index contributed by atoms with van der Waals surface area (Å²) in [6.45, 7) is 3.60. The Kier molecular flexibility index (Phi) is 1.69. The Labute approximate surface area is 58.6 Å². The molecule has 10 heavy (non-hydrogen) atoms. The lowest BCUT2D eigenvalue weighted by Crippen LogP contribution is -2.26. The zero-order valence-corrected chi connectivity index (χ0v) is 5.96. The molecular formula is C5H10N4O. The predicted molar refractivity (Wildman–Crippen MR) is 34.7 cm³/mol. The molecule has 3 N–H and O–H groups in total. The van der Waals surface area contributed by atoms with E-state index in [2.05, 4.69) is 20.0 Å². The third-order valence-corrected chi connectivity index (χ3v) is 1.28. The first kappa shape index (κ1) is 7.17. The van der Waals surface area contributed by atoms with Crippen molar-refractivity contribution in [3.63, 3.8) is 0 Å². The van der Waals surface area contributed by atoms with E-state index >= 15 is 0 Å². The number of H-pyrrole nitrogens is 1. The van der Waals surface area contributed by atoms with Gasteiger partial charge in [-0.05, 0) is 13.8 Å². The Balaban J connectivity index is 2.85. The molecule has 0 amide bonds. The second kappa shape index (κ2) is 2.36. The van der Waals surface area contributed by atoms with Crippen molar-refractivity contribution < 1.29 is 4.84 Å². The first-order chi connectivity index (χ1) is 4.67. The summed E-state index contributed by atoms with van der Waals surface area (Å²) in [5.41, 5.74) is -0.587. The van der Waals surface area contributed by atoms with Crippen LogP contribution in [0.4, 0.5) is 0 Å². The van der Waals surface area contributed by atoms with Gasteiger partial charge >= 0.3 is 0 Å². The fraction of sp³-hybridized carbons (Fsp3) is 0.600. The maximum atomic E-state index is 5.01. The van der Waals surface area contributed by atoms with E-state index in [-0.39, 0.29) is 0 Å². The summed E-state index contributed by atoms with van der Waals surface area (Å²) in [7, 11) is 0. The number of hydrogen-bond acceptors (Lipinski definition) is 4. The first-order valence-electron chi connectivity index (χ1n) is 2.90. The van der Waals surface area contributed by atoms with Gasteiger partial charge in [0.1, 0.15) is 11.9 Å². The number of aromatic nitrogens is 3. The van der Waals surface area contributed by atoms with E-state index in [1.807, 2.05) is 0 Å². The lowest BCUT2D eigenvalue weighted by atomic mass is 10.1. The van der Waals surface area contributed by atoms with Crippen molar-refractivity contribution in [1.82, 2.24) is 15.2 Å². The summed E-state index contributed by atoms with van der Waals surface area (Å²) in [6.07, 6.45) is 1.41. The van der Waals surface area contributed by atoms with E-state index in [4.69, 9.17) is 5.90 Å². The molecule has 1 aromatic rings. The highest BCUT2D eigenvalue weighted by Gasteiger charge is 2.23. The van der Waals surface area contributed by atoms with Crippen LogP contribution in [0.1, 0.15) is 19.7 Å². The molecule has 0 aliphatic carbocycles. The number of aromatic amines is 1. The fourth-order valence-electron chi connectivity index (χ4n) is 0.551. The van der Waals surface area contributed by atoms with Gasteiger partial charge in [-0.1, -0.05) is 0 Å². The van der Waals surface area contributed by atoms with Crippen LogP contribution in [-0.2, 0) is 10.4 Å². The summed E-state index contributed by atoms with van der Waals surface area (Å²) in [5.74, 6) is 5.63. The molecule has 0 aliphatic heterocycles.